The zero-order valence-corrected chi connectivity index (χ0v) is 17.1. The van der Waals surface area contributed by atoms with Crippen molar-refractivity contribution in [1.29, 1.82) is 0 Å². The van der Waals surface area contributed by atoms with Gasteiger partial charge >= 0.3 is 0 Å². The summed E-state index contributed by atoms with van der Waals surface area (Å²) >= 11 is 0. The summed E-state index contributed by atoms with van der Waals surface area (Å²) in [7, 11) is 0. The van der Waals surface area contributed by atoms with E-state index >= 15 is 0 Å². The zero-order chi connectivity index (χ0) is 19.9. The first-order valence-corrected chi connectivity index (χ1v) is 11.0. The van der Waals surface area contributed by atoms with Crippen molar-refractivity contribution in [1.82, 2.24) is 4.98 Å². The second kappa shape index (κ2) is 9.84. The van der Waals surface area contributed by atoms with Gasteiger partial charge in [0.2, 0.25) is 0 Å². The van der Waals surface area contributed by atoms with Gasteiger partial charge in [-0.15, -0.1) is 0 Å². The Morgan fingerprint density at radius 3 is 1.83 bits per heavy atom. The first kappa shape index (κ1) is 19.8. The molecule has 2 saturated carbocycles. The molecule has 0 aliphatic heterocycles. The first-order valence-electron chi connectivity index (χ1n) is 11.0. The number of aliphatic hydroxyl groups excluding tert-OH is 1. The Bertz CT molecular complexity index is 865. The third kappa shape index (κ3) is 5.55. The van der Waals surface area contributed by atoms with Gasteiger partial charge in [-0.1, -0.05) is 60.7 Å². The molecule has 2 heteroatoms. The van der Waals surface area contributed by atoms with E-state index in [1.807, 2.05) is 6.20 Å². The van der Waals surface area contributed by atoms with Gasteiger partial charge in [0.05, 0.1) is 5.69 Å². The number of pyridine rings is 1. The Hall–Kier alpha value is -2.45. The van der Waals surface area contributed by atoms with Crippen molar-refractivity contribution in [2.75, 3.05) is 6.61 Å². The summed E-state index contributed by atoms with van der Waals surface area (Å²) in [5.41, 5.74) is 5.27. The summed E-state index contributed by atoms with van der Waals surface area (Å²) in [6.45, 7) is 0.417. The SMILES string of the molecule is OCC1CC1.c1ccc(-c2cc(C3CCC(c4ccccc4)CC3)ccn2)cc1. The van der Waals surface area contributed by atoms with Crippen LogP contribution in [-0.2, 0) is 0 Å². The van der Waals surface area contributed by atoms with Gasteiger partial charge in [0.25, 0.3) is 0 Å². The Balaban J connectivity index is 0.000000359. The molecular formula is C27H31NO. The highest BCUT2D eigenvalue weighted by molar-refractivity contribution is 5.59. The molecular weight excluding hydrogens is 354 g/mol. The average Bonchev–Trinajstić information content (AvgIpc) is 3.66. The van der Waals surface area contributed by atoms with Crippen LogP contribution in [0.25, 0.3) is 11.3 Å². The van der Waals surface area contributed by atoms with Crippen molar-refractivity contribution in [3.63, 3.8) is 0 Å². The number of aromatic nitrogens is 1. The fourth-order valence-corrected chi connectivity index (χ4v) is 4.25. The summed E-state index contributed by atoms with van der Waals surface area (Å²) in [6, 6.07) is 26.0. The van der Waals surface area contributed by atoms with Crippen LogP contribution in [0.2, 0.25) is 0 Å². The monoisotopic (exact) mass is 385 g/mol. The summed E-state index contributed by atoms with van der Waals surface area (Å²) in [6.07, 6.45) is 9.62. The maximum Gasteiger partial charge on any atom is 0.0704 e. The quantitative estimate of drug-likeness (QED) is 0.550. The van der Waals surface area contributed by atoms with Crippen LogP contribution < -0.4 is 0 Å². The molecule has 5 rings (SSSR count). The van der Waals surface area contributed by atoms with Gasteiger partial charge in [-0.3, -0.25) is 4.98 Å². The van der Waals surface area contributed by atoms with Crippen LogP contribution in [0.15, 0.2) is 79.0 Å². The molecule has 3 aromatic rings. The lowest BCUT2D eigenvalue weighted by Crippen LogP contribution is -2.12. The van der Waals surface area contributed by atoms with E-state index in [9.17, 15) is 0 Å². The molecule has 0 amide bonds. The molecule has 2 nitrogen and oxygen atoms in total. The number of hydrogen-bond donors (Lipinski definition) is 1. The van der Waals surface area contributed by atoms with Crippen LogP contribution in [0.5, 0.6) is 0 Å². The smallest absolute Gasteiger partial charge is 0.0704 e. The van der Waals surface area contributed by atoms with E-state index < -0.39 is 0 Å². The van der Waals surface area contributed by atoms with E-state index in [0.717, 1.165) is 11.6 Å². The Kier molecular flexibility index (Phi) is 6.74. The van der Waals surface area contributed by atoms with Crippen molar-refractivity contribution in [3.05, 3.63) is 90.1 Å². The highest BCUT2D eigenvalue weighted by atomic mass is 16.3. The largest absolute Gasteiger partial charge is 0.396 e. The van der Waals surface area contributed by atoms with E-state index in [2.05, 4.69) is 77.8 Å². The molecule has 1 N–H and O–H groups in total. The van der Waals surface area contributed by atoms with Crippen molar-refractivity contribution in [3.8, 4) is 11.3 Å². The van der Waals surface area contributed by atoms with Gasteiger partial charge in [-0.25, -0.2) is 0 Å². The molecule has 2 fully saturated rings. The van der Waals surface area contributed by atoms with Crippen LogP contribution >= 0.6 is 0 Å². The molecule has 0 bridgehead atoms. The molecule has 29 heavy (non-hydrogen) atoms. The summed E-state index contributed by atoms with van der Waals surface area (Å²) in [4.78, 5) is 4.57. The minimum atomic E-state index is 0.417. The number of hydrogen-bond acceptors (Lipinski definition) is 2. The lowest BCUT2D eigenvalue weighted by molar-refractivity contribution is 0.277. The molecule has 2 aliphatic carbocycles. The van der Waals surface area contributed by atoms with Crippen LogP contribution in [0.4, 0.5) is 0 Å². The zero-order valence-electron chi connectivity index (χ0n) is 17.1. The topological polar surface area (TPSA) is 33.1 Å². The molecule has 0 unspecified atom stereocenters. The number of rotatable bonds is 4. The lowest BCUT2D eigenvalue weighted by Gasteiger charge is -2.29. The highest BCUT2D eigenvalue weighted by Crippen LogP contribution is 2.40. The Labute approximate surface area is 174 Å². The maximum atomic E-state index is 8.21. The van der Waals surface area contributed by atoms with Crippen molar-refractivity contribution < 1.29 is 5.11 Å². The summed E-state index contributed by atoms with van der Waals surface area (Å²) < 4.78 is 0. The number of benzene rings is 2. The molecule has 2 aliphatic rings. The number of nitrogens with zero attached hydrogens (tertiary/aromatic N) is 1. The molecule has 0 atom stereocenters. The lowest BCUT2D eigenvalue weighted by atomic mass is 9.76. The minimum absolute atomic E-state index is 0.417. The van der Waals surface area contributed by atoms with Gasteiger partial charge < -0.3 is 5.11 Å². The van der Waals surface area contributed by atoms with Crippen LogP contribution in [0.1, 0.15) is 61.5 Å². The average molecular weight is 386 g/mol. The maximum absolute atomic E-state index is 8.21. The molecule has 0 saturated heterocycles. The van der Waals surface area contributed by atoms with Crippen LogP contribution in [0, 0.1) is 5.92 Å². The van der Waals surface area contributed by atoms with Crippen molar-refractivity contribution in [2.45, 2.75) is 50.4 Å². The minimum Gasteiger partial charge on any atom is -0.396 e. The molecule has 1 heterocycles. The van der Waals surface area contributed by atoms with E-state index in [-0.39, 0.29) is 0 Å². The first-order chi connectivity index (χ1) is 14.3. The fourth-order valence-electron chi connectivity index (χ4n) is 4.25. The van der Waals surface area contributed by atoms with Gasteiger partial charge in [-0.05, 0) is 79.5 Å². The van der Waals surface area contributed by atoms with Crippen molar-refractivity contribution >= 4 is 0 Å². The molecule has 2 aromatic carbocycles. The van der Waals surface area contributed by atoms with Gasteiger partial charge in [0, 0.05) is 18.4 Å². The molecule has 150 valence electrons. The second-order valence-corrected chi connectivity index (χ2v) is 8.43. The standard InChI is InChI=1S/C23H23N.C4H8O/c1-3-7-18(8-4-1)19-11-13-20(14-12-19)22-15-16-24-23(17-22)21-9-5-2-6-10-21;5-3-4-1-2-4/h1-10,15-17,19-20H,11-14H2;4-5H,1-3H2. The molecule has 0 radical (unpaired) electrons. The predicted molar refractivity (Wildman–Crippen MR) is 120 cm³/mol. The third-order valence-corrected chi connectivity index (χ3v) is 6.28. The number of aliphatic hydroxyl groups is 1. The summed E-state index contributed by atoms with van der Waals surface area (Å²) in [5.74, 6) is 2.10. The highest BCUT2D eigenvalue weighted by Gasteiger charge is 2.23. The fraction of sp³-hybridized carbons (Fsp3) is 0.370. The van der Waals surface area contributed by atoms with E-state index in [1.165, 1.54) is 55.2 Å². The molecule has 1 aromatic heterocycles. The van der Waals surface area contributed by atoms with Gasteiger partial charge in [0.1, 0.15) is 0 Å². The summed E-state index contributed by atoms with van der Waals surface area (Å²) in [5, 5.41) is 8.21. The van der Waals surface area contributed by atoms with E-state index in [4.69, 9.17) is 5.11 Å². The third-order valence-electron chi connectivity index (χ3n) is 6.28. The molecule has 0 spiro atoms. The Morgan fingerprint density at radius 2 is 1.28 bits per heavy atom. The normalized spacial score (nSPS) is 21.1. The van der Waals surface area contributed by atoms with E-state index in [1.54, 1.807) is 0 Å². The predicted octanol–water partition coefficient (Wildman–Crippen LogP) is 6.58. The van der Waals surface area contributed by atoms with Crippen molar-refractivity contribution in [2.24, 2.45) is 5.92 Å². The van der Waals surface area contributed by atoms with Crippen LogP contribution in [0.3, 0.4) is 0 Å². The van der Waals surface area contributed by atoms with Gasteiger partial charge in [-0.2, -0.15) is 0 Å². The van der Waals surface area contributed by atoms with Crippen LogP contribution in [-0.4, -0.2) is 16.7 Å². The van der Waals surface area contributed by atoms with Gasteiger partial charge in [0.15, 0.2) is 0 Å². The Morgan fingerprint density at radius 1 is 0.690 bits per heavy atom. The van der Waals surface area contributed by atoms with E-state index in [0.29, 0.717) is 18.4 Å². The second-order valence-electron chi connectivity index (χ2n) is 8.43.